The minimum absolute atomic E-state index is 0.0248. The summed E-state index contributed by atoms with van der Waals surface area (Å²) in [5.74, 6) is 0.735. The first kappa shape index (κ1) is 18.3. The molecular formula is C19H16BrN5O3. The number of nitro groups is 1. The summed E-state index contributed by atoms with van der Waals surface area (Å²) >= 11 is 3.49. The van der Waals surface area contributed by atoms with Gasteiger partial charge in [-0.1, -0.05) is 15.9 Å². The maximum absolute atomic E-state index is 12.7. The first-order valence-electron chi connectivity index (χ1n) is 8.72. The monoisotopic (exact) mass is 441 g/mol. The highest BCUT2D eigenvalue weighted by molar-refractivity contribution is 9.10. The SMILES string of the molecule is O=C(c1ccc([N+](=O)[O-])cc1)N1CCN(c2ncnc3ccc(Br)cc23)CC1. The Hall–Kier alpha value is -3.07. The van der Waals surface area contributed by atoms with Crippen molar-refractivity contribution in [3.05, 3.63) is 68.9 Å². The lowest BCUT2D eigenvalue weighted by Crippen LogP contribution is -2.49. The van der Waals surface area contributed by atoms with Crippen LogP contribution >= 0.6 is 15.9 Å². The highest BCUT2D eigenvalue weighted by Crippen LogP contribution is 2.27. The van der Waals surface area contributed by atoms with Crippen LogP contribution in [0.5, 0.6) is 0 Å². The van der Waals surface area contributed by atoms with Gasteiger partial charge in [0.2, 0.25) is 0 Å². The third-order valence-electron chi connectivity index (χ3n) is 4.77. The number of amides is 1. The first-order chi connectivity index (χ1) is 13.5. The van der Waals surface area contributed by atoms with Crippen molar-refractivity contribution in [2.75, 3.05) is 31.1 Å². The third kappa shape index (κ3) is 3.53. The Morgan fingerprint density at radius 3 is 2.43 bits per heavy atom. The van der Waals surface area contributed by atoms with Gasteiger partial charge in [0.25, 0.3) is 11.6 Å². The number of nitro benzene ring substituents is 1. The Morgan fingerprint density at radius 2 is 1.75 bits per heavy atom. The van der Waals surface area contributed by atoms with E-state index < -0.39 is 4.92 Å². The number of carbonyl (C=O) groups excluding carboxylic acids is 1. The molecule has 0 N–H and O–H groups in total. The van der Waals surface area contributed by atoms with Crippen LogP contribution in [0.25, 0.3) is 10.9 Å². The molecule has 2 heterocycles. The van der Waals surface area contributed by atoms with Crippen molar-refractivity contribution < 1.29 is 9.72 Å². The molecule has 1 amide bonds. The number of anilines is 1. The Labute approximate surface area is 169 Å². The molecule has 0 atom stereocenters. The average Bonchev–Trinajstić information content (AvgIpc) is 2.73. The van der Waals surface area contributed by atoms with Gasteiger partial charge in [-0.25, -0.2) is 9.97 Å². The molecule has 28 heavy (non-hydrogen) atoms. The molecule has 2 aromatic carbocycles. The van der Waals surface area contributed by atoms with Crippen LogP contribution in [-0.4, -0.2) is 51.9 Å². The van der Waals surface area contributed by atoms with Gasteiger partial charge in [-0.3, -0.25) is 14.9 Å². The van der Waals surface area contributed by atoms with Crippen LogP contribution in [-0.2, 0) is 0 Å². The summed E-state index contributed by atoms with van der Waals surface area (Å²) in [6.45, 7) is 2.40. The second-order valence-electron chi connectivity index (χ2n) is 6.44. The maximum Gasteiger partial charge on any atom is 0.269 e. The van der Waals surface area contributed by atoms with E-state index in [9.17, 15) is 14.9 Å². The number of carbonyl (C=O) groups is 1. The number of rotatable bonds is 3. The molecule has 3 aromatic rings. The standard InChI is InChI=1S/C19H16BrN5O3/c20-14-3-6-17-16(11-14)18(22-12-21-17)23-7-9-24(10-8-23)19(26)13-1-4-15(5-2-13)25(27)28/h1-6,11-12H,7-10H2. The zero-order chi connectivity index (χ0) is 19.7. The Balaban J connectivity index is 1.48. The van der Waals surface area contributed by atoms with E-state index in [1.54, 1.807) is 11.2 Å². The number of benzene rings is 2. The fourth-order valence-electron chi connectivity index (χ4n) is 3.30. The van der Waals surface area contributed by atoms with Crippen molar-refractivity contribution in [1.29, 1.82) is 0 Å². The Bertz CT molecular complexity index is 1050. The lowest BCUT2D eigenvalue weighted by molar-refractivity contribution is -0.384. The third-order valence-corrected chi connectivity index (χ3v) is 5.26. The number of aromatic nitrogens is 2. The van der Waals surface area contributed by atoms with Gasteiger partial charge in [0.05, 0.1) is 10.4 Å². The fraction of sp³-hybridized carbons (Fsp3) is 0.211. The number of halogens is 1. The van der Waals surface area contributed by atoms with Gasteiger partial charge in [-0.15, -0.1) is 0 Å². The molecule has 1 aliphatic heterocycles. The quantitative estimate of drug-likeness (QED) is 0.457. The van der Waals surface area contributed by atoms with Gasteiger partial charge in [-0.2, -0.15) is 0 Å². The van der Waals surface area contributed by atoms with Crippen molar-refractivity contribution >= 4 is 44.2 Å². The molecule has 4 rings (SSSR count). The minimum atomic E-state index is -0.475. The normalized spacial score (nSPS) is 14.3. The largest absolute Gasteiger partial charge is 0.352 e. The minimum Gasteiger partial charge on any atom is -0.352 e. The lowest BCUT2D eigenvalue weighted by Gasteiger charge is -2.35. The summed E-state index contributed by atoms with van der Waals surface area (Å²) in [5, 5.41) is 11.7. The van der Waals surface area contributed by atoms with Crippen molar-refractivity contribution in [2.45, 2.75) is 0 Å². The van der Waals surface area contributed by atoms with E-state index in [-0.39, 0.29) is 11.6 Å². The number of piperazine rings is 1. The summed E-state index contributed by atoms with van der Waals surface area (Å²) in [4.78, 5) is 35.6. The van der Waals surface area contributed by atoms with Gasteiger partial charge in [0.15, 0.2) is 0 Å². The second-order valence-corrected chi connectivity index (χ2v) is 7.36. The van der Waals surface area contributed by atoms with Gasteiger partial charge >= 0.3 is 0 Å². The number of nitrogens with zero attached hydrogens (tertiary/aromatic N) is 5. The highest BCUT2D eigenvalue weighted by atomic mass is 79.9. The van der Waals surface area contributed by atoms with Crippen LogP contribution in [0, 0.1) is 10.1 Å². The molecular weight excluding hydrogens is 426 g/mol. The van der Waals surface area contributed by atoms with Crippen molar-refractivity contribution in [1.82, 2.24) is 14.9 Å². The summed E-state index contributed by atoms with van der Waals surface area (Å²) in [6.07, 6.45) is 1.56. The van der Waals surface area contributed by atoms with Gasteiger partial charge in [-0.05, 0) is 30.3 Å². The van der Waals surface area contributed by atoms with E-state index in [0.29, 0.717) is 31.7 Å². The molecule has 1 aliphatic rings. The van der Waals surface area contributed by atoms with Crippen LogP contribution in [0.15, 0.2) is 53.3 Å². The average molecular weight is 442 g/mol. The summed E-state index contributed by atoms with van der Waals surface area (Å²) < 4.78 is 0.961. The summed E-state index contributed by atoms with van der Waals surface area (Å²) in [7, 11) is 0. The maximum atomic E-state index is 12.7. The van der Waals surface area contributed by atoms with Crippen LogP contribution in [0.3, 0.4) is 0 Å². The van der Waals surface area contributed by atoms with Crippen LogP contribution in [0.1, 0.15) is 10.4 Å². The smallest absolute Gasteiger partial charge is 0.269 e. The number of fused-ring (bicyclic) bond motifs is 1. The number of hydrogen-bond acceptors (Lipinski definition) is 6. The van der Waals surface area contributed by atoms with E-state index in [0.717, 1.165) is 21.2 Å². The Kier molecular flexibility index (Phi) is 4.91. The molecule has 1 saturated heterocycles. The first-order valence-corrected chi connectivity index (χ1v) is 9.51. The zero-order valence-electron chi connectivity index (χ0n) is 14.8. The van der Waals surface area contributed by atoms with Crippen LogP contribution in [0.4, 0.5) is 11.5 Å². The van der Waals surface area contributed by atoms with Gasteiger partial charge in [0, 0.05) is 53.7 Å². The molecule has 0 unspecified atom stereocenters. The molecule has 0 bridgehead atoms. The second kappa shape index (κ2) is 7.51. The van der Waals surface area contributed by atoms with Gasteiger partial charge < -0.3 is 9.80 Å². The summed E-state index contributed by atoms with van der Waals surface area (Å²) in [6, 6.07) is 11.6. The lowest BCUT2D eigenvalue weighted by atomic mass is 10.1. The van der Waals surface area contributed by atoms with Crippen LogP contribution in [0.2, 0.25) is 0 Å². The van der Waals surface area contributed by atoms with E-state index in [1.807, 2.05) is 18.2 Å². The van der Waals surface area contributed by atoms with E-state index >= 15 is 0 Å². The van der Waals surface area contributed by atoms with Gasteiger partial charge in [0.1, 0.15) is 12.1 Å². The fourth-order valence-corrected chi connectivity index (χ4v) is 3.66. The van der Waals surface area contributed by atoms with Crippen molar-refractivity contribution in [2.24, 2.45) is 0 Å². The molecule has 0 aliphatic carbocycles. The molecule has 8 nitrogen and oxygen atoms in total. The highest BCUT2D eigenvalue weighted by Gasteiger charge is 2.24. The van der Waals surface area contributed by atoms with E-state index in [4.69, 9.17) is 0 Å². The predicted octanol–water partition coefficient (Wildman–Crippen LogP) is 3.26. The molecule has 0 saturated carbocycles. The Morgan fingerprint density at radius 1 is 1.04 bits per heavy atom. The zero-order valence-corrected chi connectivity index (χ0v) is 16.4. The summed E-state index contributed by atoms with van der Waals surface area (Å²) in [5.41, 5.74) is 1.30. The van der Waals surface area contributed by atoms with E-state index in [1.165, 1.54) is 24.3 Å². The number of hydrogen-bond donors (Lipinski definition) is 0. The molecule has 9 heteroatoms. The molecule has 0 spiro atoms. The topological polar surface area (TPSA) is 92.5 Å². The van der Waals surface area contributed by atoms with E-state index in [2.05, 4.69) is 30.8 Å². The van der Waals surface area contributed by atoms with Crippen molar-refractivity contribution in [3.63, 3.8) is 0 Å². The van der Waals surface area contributed by atoms with Crippen molar-refractivity contribution in [3.8, 4) is 0 Å². The predicted molar refractivity (Wildman–Crippen MR) is 108 cm³/mol. The molecule has 0 radical (unpaired) electrons. The molecule has 1 aromatic heterocycles. The number of non-ortho nitro benzene ring substituents is 1. The molecule has 142 valence electrons. The molecule has 1 fully saturated rings. The van der Waals surface area contributed by atoms with Crippen LogP contribution < -0.4 is 4.90 Å².